The van der Waals surface area contributed by atoms with Crippen LogP contribution in [0.4, 0.5) is 0 Å². The highest BCUT2D eigenvalue weighted by molar-refractivity contribution is 6.18. The van der Waals surface area contributed by atoms with Gasteiger partial charge in [-0.1, -0.05) is 0 Å². The van der Waals surface area contributed by atoms with Crippen molar-refractivity contribution in [2.45, 2.75) is 19.3 Å². The van der Waals surface area contributed by atoms with Crippen molar-refractivity contribution in [2.24, 2.45) is 5.92 Å². The second-order valence-corrected chi connectivity index (χ2v) is 4.94. The van der Waals surface area contributed by atoms with Crippen molar-refractivity contribution >= 4 is 17.5 Å². The molecule has 15 heavy (non-hydrogen) atoms. The normalized spacial score (nSPS) is 23.1. The van der Waals surface area contributed by atoms with E-state index in [9.17, 15) is 4.79 Å². The van der Waals surface area contributed by atoms with Gasteiger partial charge < -0.3 is 4.90 Å². The van der Waals surface area contributed by atoms with Crippen molar-refractivity contribution in [1.29, 1.82) is 0 Å². The van der Waals surface area contributed by atoms with Crippen LogP contribution in [0.2, 0.25) is 0 Å². The summed E-state index contributed by atoms with van der Waals surface area (Å²) in [5, 5.41) is 0. The van der Waals surface area contributed by atoms with Crippen LogP contribution in [0.15, 0.2) is 0 Å². The summed E-state index contributed by atoms with van der Waals surface area (Å²) in [5.41, 5.74) is 0. The summed E-state index contributed by atoms with van der Waals surface area (Å²) in [6.07, 6.45) is 3.31. The topological polar surface area (TPSA) is 23.6 Å². The lowest BCUT2D eigenvalue weighted by Gasteiger charge is -2.34. The molecule has 0 spiro atoms. The maximum atomic E-state index is 11.6. The quantitative estimate of drug-likeness (QED) is 0.677. The molecule has 2 fully saturated rings. The second kappa shape index (κ2) is 5.17. The summed E-state index contributed by atoms with van der Waals surface area (Å²) in [6.45, 7) is 5.12. The lowest BCUT2D eigenvalue weighted by Crippen LogP contribution is -2.49. The molecule has 4 heteroatoms. The molecule has 0 aromatic heterocycles. The lowest BCUT2D eigenvalue weighted by atomic mass is 10.2. The number of rotatable bonds is 4. The van der Waals surface area contributed by atoms with E-state index in [1.54, 1.807) is 0 Å². The molecule has 0 aromatic rings. The van der Waals surface area contributed by atoms with Gasteiger partial charge in [0.05, 0.1) is 0 Å². The van der Waals surface area contributed by atoms with Gasteiger partial charge >= 0.3 is 0 Å². The standard InChI is InChI=1S/C11H19ClN2O/c12-4-3-11(15)14-7-5-13(6-8-14)9-10-1-2-10/h10H,1-9H2. The Labute approximate surface area is 96.4 Å². The van der Waals surface area contributed by atoms with Gasteiger partial charge in [0.2, 0.25) is 5.91 Å². The lowest BCUT2D eigenvalue weighted by molar-refractivity contribution is -0.132. The molecule has 1 amide bonds. The Morgan fingerprint density at radius 3 is 2.40 bits per heavy atom. The van der Waals surface area contributed by atoms with Crippen LogP contribution in [0.1, 0.15) is 19.3 Å². The largest absolute Gasteiger partial charge is 0.340 e. The van der Waals surface area contributed by atoms with Gasteiger partial charge in [-0.05, 0) is 18.8 Å². The summed E-state index contributed by atoms with van der Waals surface area (Å²) < 4.78 is 0. The van der Waals surface area contributed by atoms with Gasteiger partial charge in [-0.25, -0.2) is 0 Å². The van der Waals surface area contributed by atoms with Gasteiger partial charge in [0, 0.05) is 45.0 Å². The van der Waals surface area contributed by atoms with E-state index in [1.807, 2.05) is 4.90 Å². The molecule has 1 aliphatic heterocycles. The Morgan fingerprint density at radius 2 is 1.87 bits per heavy atom. The van der Waals surface area contributed by atoms with E-state index in [0.717, 1.165) is 32.1 Å². The van der Waals surface area contributed by atoms with E-state index in [2.05, 4.69) is 4.90 Å². The van der Waals surface area contributed by atoms with E-state index in [1.165, 1.54) is 19.4 Å². The molecular formula is C11H19ClN2O. The van der Waals surface area contributed by atoms with Crippen LogP contribution < -0.4 is 0 Å². The molecule has 2 aliphatic rings. The Kier molecular flexibility index (Phi) is 3.87. The van der Waals surface area contributed by atoms with Crippen molar-refractivity contribution in [1.82, 2.24) is 9.80 Å². The Bertz CT molecular complexity index is 223. The highest BCUT2D eigenvalue weighted by atomic mass is 35.5. The molecule has 0 atom stereocenters. The number of carbonyl (C=O) groups excluding carboxylic acids is 1. The number of halogens is 1. The van der Waals surface area contributed by atoms with E-state index in [4.69, 9.17) is 11.6 Å². The maximum absolute atomic E-state index is 11.6. The zero-order valence-corrected chi connectivity index (χ0v) is 9.88. The minimum Gasteiger partial charge on any atom is -0.340 e. The van der Waals surface area contributed by atoms with Gasteiger partial charge in [0.1, 0.15) is 0 Å². The molecule has 1 aliphatic carbocycles. The third-order valence-electron chi connectivity index (χ3n) is 3.25. The first kappa shape index (κ1) is 11.2. The van der Waals surface area contributed by atoms with Crippen LogP contribution >= 0.6 is 11.6 Å². The van der Waals surface area contributed by atoms with Crippen molar-refractivity contribution in [3.8, 4) is 0 Å². The first-order valence-electron chi connectivity index (χ1n) is 5.85. The van der Waals surface area contributed by atoms with Gasteiger partial charge in [-0.3, -0.25) is 9.69 Å². The number of hydrogen-bond acceptors (Lipinski definition) is 2. The third kappa shape index (κ3) is 3.35. The molecule has 86 valence electrons. The number of nitrogens with zero attached hydrogens (tertiary/aromatic N) is 2. The van der Waals surface area contributed by atoms with Crippen LogP contribution in [0, 0.1) is 5.92 Å². The molecule has 0 radical (unpaired) electrons. The van der Waals surface area contributed by atoms with E-state index in [0.29, 0.717) is 12.3 Å². The van der Waals surface area contributed by atoms with Crippen LogP contribution in [0.5, 0.6) is 0 Å². The highest BCUT2D eigenvalue weighted by Gasteiger charge is 2.27. The summed E-state index contributed by atoms with van der Waals surface area (Å²) >= 11 is 5.56. The minimum atomic E-state index is 0.219. The summed E-state index contributed by atoms with van der Waals surface area (Å²) in [5.74, 6) is 1.62. The fraction of sp³-hybridized carbons (Fsp3) is 0.909. The molecule has 1 heterocycles. The zero-order valence-electron chi connectivity index (χ0n) is 9.12. The van der Waals surface area contributed by atoms with Crippen molar-refractivity contribution in [3.05, 3.63) is 0 Å². The van der Waals surface area contributed by atoms with Crippen LogP contribution in [0.3, 0.4) is 0 Å². The zero-order chi connectivity index (χ0) is 10.7. The van der Waals surface area contributed by atoms with E-state index in [-0.39, 0.29) is 5.91 Å². The molecule has 0 N–H and O–H groups in total. The average molecular weight is 231 g/mol. The van der Waals surface area contributed by atoms with Gasteiger partial charge in [-0.15, -0.1) is 11.6 Å². The molecule has 1 saturated heterocycles. The molecule has 0 unspecified atom stereocenters. The van der Waals surface area contributed by atoms with Crippen LogP contribution in [-0.4, -0.2) is 54.3 Å². The van der Waals surface area contributed by atoms with Crippen LogP contribution in [-0.2, 0) is 4.79 Å². The van der Waals surface area contributed by atoms with Crippen molar-refractivity contribution in [3.63, 3.8) is 0 Å². The minimum absolute atomic E-state index is 0.219. The number of hydrogen-bond donors (Lipinski definition) is 0. The predicted molar refractivity (Wildman–Crippen MR) is 61.1 cm³/mol. The third-order valence-corrected chi connectivity index (χ3v) is 3.44. The summed E-state index contributed by atoms with van der Waals surface area (Å²) in [4.78, 5) is 16.0. The molecule has 3 nitrogen and oxygen atoms in total. The van der Waals surface area contributed by atoms with Gasteiger partial charge in [0.25, 0.3) is 0 Å². The first-order chi connectivity index (χ1) is 7.29. The Balaban J connectivity index is 1.68. The summed E-state index contributed by atoms with van der Waals surface area (Å²) in [6, 6.07) is 0. The molecule has 0 bridgehead atoms. The summed E-state index contributed by atoms with van der Waals surface area (Å²) in [7, 11) is 0. The highest BCUT2D eigenvalue weighted by Crippen LogP contribution is 2.29. The predicted octanol–water partition coefficient (Wildman–Crippen LogP) is 1.17. The molecule has 1 saturated carbocycles. The molecule has 2 rings (SSSR count). The average Bonchev–Trinajstić information content (AvgIpc) is 3.03. The number of amides is 1. The number of carbonyl (C=O) groups is 1. The van der Waals surface area contributed by atoms with Gasteiger partial charge in [-0.2, -0.15) is 0 Å². The van der Waals surface area contributed by atoms with E-state index < -0.39 is 0 Å². The second-order valence-electron chi connectivity index (χ2n) is 4.56. The Hall–Kier alpha value is -0.280. The Morgan fingerprint density at radius 1 is 1.20 bits per heavy atom. The van der Waals surface area contributed by atoms with Gasteiger partial charge in [0.15, 0.2) is 0 Å². The first-order valence-corrected chi connectivity index (χ1v) is 6.39. The fourth-order valence-electron chi connectivity index (χ4n) is 2.08. The van der Waals surface area contributed by atoms with E-state index >= 15 is 0 Å². The molecular weight excluding hydrogens is 212 g/mol. The smallest absolute Gasteiger partial charge is 0.223 e. The maximum Gasteiger partial charge on any atom is 0.223 e. The number of piperazine rings is 1. The van der Waals surface area contributed by atoms with Crippen molar-refractivity contribution < 1.29 is 4.79 Å². The SMILES string of the molecule is O=C(CCCl)N1CCN(CC2CC2)CC1. The van der Waals surface area contributed by atoms with Crippen molar-refractivity contribution in [2.75, 3.05) is 38.6 Å². The monoisotopic (exact) mass is 230 g/mol. The number of alkyl halides is 1. The molecule has 0 aromatic carbocycles. The van der Waals surface area contributed by atoms with Crippen LogP contribution in [0.25, 0.3) is 0 Å². The fourth-order valence-corrected chi connectivity index (χ4v) is 2.25.